The standard InChI is InChI=1S/C8H13NO/c1-5-4-8(7(3)10)9-6(5)2/h4,7,9-10H,1-3H3. The molecule has 1 aromatic heterocycles. The van der Waals surface area contributed by atoms with Crippen LogP contribution in [0.2, 0.25) is 0 Å². The fraction of sp³-hybridized carbons (Fsp3) is 0.500. The second kappa shape index (κ2) is 2.46. The minimum absolute atomic E-state index is 0.382. The monoisotopic (exact) mass is 139 g/mol. The molecule has 56 valence electrons. The van der Waals surface area contributed by atoms with E-state index in [4.69, 9.17) is 5.11 Å². The maximum absolute atomic E-state index is 9.13. The summed E-state index contributed by atoms with van der Waals surface area (Å²) in [5.74, 6) is 0. The van der Waals surface area contributed by atoms with Crippen LogP contribution >= 0.6 is 0 Å². The van der Waals surface area contributed by atoms with Crippen molar-refractivity contribution in [3.8, 4) is 0 Å². The number of aliphatic hydroxyl groups excluding tert-OH is 1. The fourth-order valence-electron chi connectivity index (χ4n) is 0.918. The lowest BCUT2D eigenvalue weighted by atomic mass is 10.2. The lowest BCUT2D eigenvalue weighted by molar-refractivity contribution is 0.195. The molecule has 1 heterocycles. The van der Waals surface area contributed by atoms with Gasteiger partial charge in [0, 0.05) is 11.4 Å². The fourth-order valence-corrected chi connectivity index (χ4v) is 0.918. The summed E-state index contributed by atoms with van der Waals surface area (Å²) in [5.41, 5.74) is 3.24. The first kappa shape index (κ1) is 7.35. The molecule has 1 rings (SSSR count). The number of aromatic amines is 1. The summed E-state index contributed by atoms with van der Waals surface area (Å²) in [7, 11) is 0. The molecule has 0 saturated heterocycles. The highest BCUT2D eigenvalue weighted by atomic mass is 16.3. The number of H-pyrrole nitrogens is 1. The quantitative estimate of drug-likeness (QED) is 0.610. The molecule has 0 aromatic carbocycles. The van der Waals surface area contributed by atoms with Gasteiger partial charge in [0.15, 0.2) is 0 Å². The van der Waals surface area contributed by atoms with Crippen molar-refractivity contribution in [2.75, 3.05) is 0 Å². The molecule has 0 radical (unpaired) electrons. The third-order valence-corrected chi connectivity index (χ3v) is 1.75. The van der Waals surface area contributed by atoms with Crippen LogP contribution < -0.4 is 0 Å². The Morgan fingerprint density at radius 3 is 2.30 bits per heavy atom. The summed E-state index contributed by atoms with van der Waals surface area (Å²) in [6, 6.07) is 1.97. The molecule has 1 atom stereocenters. The molecule has 0 aliphatic heterocycles. The van der Waals surface area contributed by atoms with Crippen LogP contribution in [0.25, 0.3) is 0 Å². The van der Waals surface area contributed by atoms with Gasteiger partial charge in [0.25, 0.3) is 0 Å². The average molecular weight is 139 g/mol. The van der Waals surface area contributed by atoms with Gasteiger partial charge in [-0.3, -0.25) is 0 Å². The summed E-state index contributed by atoms with van der Waals surface area (Å²) in [4.78, 5) is 3.09. The SMILES string of the molecule is Cc1cc(C(C)O)[nH]c1C. The van der Waals surface area contributed by atoms with Crippen molar-refractivity contribution in [3.63, 3.8) is 0 Å². The Kier molecular flexibility index (Phi) is 1.81. The largest absolute Gasteiger partial charge is 0.387 e. The van der Waals surface area contributed by atoms with E-state index in [0.29, 0.717) is 0 Å². The Labute approximate surface area is 60.9 Å². The van der Waals surface area contributed by atoms with Crippen LogP contribution in [0, 0.1) is 13.8 Å². The van der Waals surface area contributed by atoms with Gasteiger partial charge in [-0.25, -0.2) is 0 Å². The summed E-state index contributed by atoms with van der Waals surface area (Å²) in [6.07, 6.45) is -0.382. The topological polar surface area (TPSA) is 36.0 Å². The second-order valence-corrected chi connectivity index (χ2v) is 2.71. The maximum Gasteiger partial charge on any atom is 0.0909 e. The number of hydrogen-bond donors (Lipinski definition) is 2. The predicted octanol–water partition coefficient (Wildman–Crippen LogP) is 1.68. The first-order valence-corrected chi connectivity index (χ1v) is 3.45. The maximum atomic E-state index is 9.13. The first-order chi connectivity index (χ1) is 4.61. The Morgan fingerprint density at radius 2 is 2.10 bits per heavy atom. The molecule has 0 aliphatic rings. The molecule has 1 aromatic rings. The molecule has 2 heteroatoms. The molecule has 1 unspecified atom stereocenters. The van der Waals surface area contributed by atoms with Crippen LogP contribution in [-0.2, 0) is 0 Å². The zero-order valence-electron chi connectivity index (χ0n) is 6.60. The molecule has 0 fully saturated rings. The van der Waals surface area contributed by atoms with Crippen molar-refractivity contribution in [2.45, 2.75) is 26.9 Å². The van der Waals surface area contributed by atoms with E-state index in [9.17, 15) is 0 Å². The number of aliphatic hydroxyl groups is 1. The number of rotatable bonds is 1. The Hall–Kier alpha value is -0.760. The molecular weight excluding hydrogens is 126 g/mol. The van der Waals surface area contributed by atoms with Crippen LogP contribution in [0.5, 0.6) is 0 Å². The Morgan fingerprint density at radius 1 is 1.50 bits per heavy atom. The number of nitrogens with one attached hydrogen (secondary N) is 1. The van der Waals surface area contributed by atoms with Crippen LogP contribution in [0.4, 0.5) is 0 Å². The van der Waals surface area contributed by atoms with E-state index in [2.05, 4.69) is 4.98 Å². The van der Waals surface area contributed by atoms with Crippen molar-refractivity contribution in [3.05, 3.63) is 23.0 Å². The summed E-state index contributed by atoms with van der Waals surface area (Å²) in [5, 5.41) is 9.13. The van der Waals surface area contributed by atoms with Gasteiger partial charge in [0.05, 0.1) is 6.10 Å². The van der Waals surface area contributed by atoms with Crippen molar-refractivity contribution < 1.29 is 5.11 Å². The predicted molar refractivity (Wildman–Crippen MR) is 40.9 cm³/mol. The van der Waals surface area contributed by atoms with E-state index in [0.717, 1.165) is 11.4 Å². The Bertz CT molecular complexity index is 206. The van der Waals surface area contributed by atoms with E-state index in [-0.39, 0.29) is 6.10 Å². The van der Waals surface area contributed by atoms with E-state index in [1.807, 2.05) is 19.9 Å². The molecule has 2 nitrogen and oxygen atoms in total. The lowest BCUT2D eigenvalue weighted by Gasteiger charge is -1.97. The molecule has 10 heavy (non-hydrogen) atoms. The average Bonchev–Trinajstić information content (AvgIpc) is 2.13. The summed E-state index contributed by atoms with van der Waals surface area (Å²) in [6.45, 7) is 5.78. The van der Waals surface area contributed by atoms with Crippen molar-refractivity contribution >= 4 is 0 Å². The zero-order chi connectivity index (χ0) is 7.72. The molecular formula is C8H13NO. The zero-order valence-corrected chi connectivity index (χ0v) is 6.60. The Balaban J connectivity index is 2.98. The highest BCUT2D eigenvalue weighted by Gasteiger charge is 2.03. The molecule has 0 amide bonds. The van der Waals surface area contributed by atoms with Crippen LogP contribution in [-0.4, -0.2) is 10.1 Å². The van der Waals surface area contributed by atoms with Gasteiger partial charge in [0.2, 0.25) is 0 Å². The van der Waals surface area contributed by atoms with Gasteiger partial charge < -0.3 is 10.1 Å². The van der Waals surface area contributed by atoms with Crippen molar-refractivity contribution in [2.24, 2.45) is 0 Å². The van der Waals surface area contributed by atoms with E-state index in [1.54, 1.807) is 6.92 Å². The summed E-state index contributed by atoms with van der Waals surface area (Å²) >= 11 is 0. The highest BCUT2D eigenvalue weighted by Crippen LogP contribution is 2.14. The van der Waals surface area contributed by atoms with Crippen LogP contribution in [0.15, 0.2) is 6.07 Å². The number of aromatic nitrogens is 1. The van der Waals surface area contributed by atoms with E-state index in [1.165, 1.54) is 5.56 Å². The minimum Gasteiger partial charge on any atom is -0.387 e. The van der Waals surface area contributed by atoms with Crippen molar-refractivity contribution in [1.29, 1.82) is 0 Å². The van der Waals surface area contributed by atoms with Crippen LogP contribution in [0.1, 0.15) is 30.0 Å². The summed E-state index contributed by atoms with van der Waals surface area (Å²) < 4.78 is 0. The van der Waals surface area contributed by atoms with Gasteiger partial charge in [-0.05, 0) is 32.4 Å². The number of hydrogen-bond acceptors (Lipinski definition) is 1. The first-order valence-electron chi connectivity index (χ1n) is 3.45. The van der Waals surface area contributed by atoms with Gasteiger partial charge in [-0.15, -0.1) is 0 Å². The molecule has 0 bridgehead atoms. The van der Waals surface area contributed by atoms with E-state index < -0.39 is 0 Å². The number of aryl methyl sites for hydroxylation is 2. The molecule has 0 spiro atoms. The minimum atomic E-state index is -0.382. The molecule has 0 saturated carbocycles. The second-order valence-electron chi connectivity index (χ2n) is 2.71. The third-order valence-electron chi connectivity index (χ3n) is 1.75. The van der Waals surface area contributed by atoms with Gasteiger partial charge in [-0.2, -0.15) is 0 Å². The lowest BCUT2D eigenvalue weighted by Crippen LogP contribution is -1.89. The van der Waals surface area contributed by atoms with Gasteiger partial charge >= 0.3 is 0 Å². The van der Waals surface area contributed by atoms with Gasteiger partial charge in [-0.1, -0.05) is 0 Å². The molecule has 0 aliphatic carbocycles. The normalized spacial score (nSPS) is 13.6. The van der Waals surface area contributed by atoms with Crippen molar-refractivity contribution in [1.82, 2.24) is 4.98 Å². The van der Waals surface area contributed by atoms with Gasteiger partial charge in [0.1, 0.15) is 0 Å². The smallest absolute Gasteiger partial charge is 0.0909 e. The molecule has 2 N–H and O–H groups in total. The van der Waals surface area contributed by atoms with Crippen LogP contribution in [0.3, 0.4) is 0 Å². The highest BCUT2D eigenvalue weighted by molar-refractivity contribution is 5.24. The van der Waals surface area contributed by atoms with E-state index >= 15 is 0 Å². The third kappa shape index (κ3) is 1.21.